The lowest BCUT2D eigenvalue weighted by Gasteiger charge is -2.24. The van der Waals surface area contributed by atoms with E-state index in [4.69, 9.17) is 4.74 Å². The molecule has 1 aromatic heterocycles. The number of nitrogens with zero attached hydrogens (tertiary/aromatic N) is 2. The molecule has 1 N–H and O–H groups in total. The van der Waals surface area contributed by atoms with Crippen LogP contribution >= 0.6 is 0 Å². The number of amides is 2. The van der Waals surface area contributed by atoms with Gasteiger partial charge in [0.05, 0.1) is 12.1 Å². The van der Waals surface area contributed by atoms with Gasteiger partial charge in [0.25, 0.3) is 0 Å². The summed E-state index contributed by atoms with van der Waals surface area (Å²) < 4.78 is 5.44. The summed E-state index contributed by atoms with van der Waals surface area (Å²) in [7, 11) is 0. The zero-order valence-electron chi connectivity index (χ0n) is 11.1. The van der Waals surface area contributed by atoms with E-state index in [1.54, 1.807) is 17.3 Å². The predicted molar refractivity (Wildman–Crippen MR) is 70.8 cm³/mol. The number of carbonyl (C=O) groups excluding carboxylic acids is 2. The standard InChI is InChI=1S/C14H17N3O3/c18-13-9-20-12-8-17(7-11(12)16-13)14(19)4-3-10-2-1-5-15-6-10/h1-2,5-6,11-12H,3-4,7-9H2,(H,16,18)/t11-,12-/m0/s1. The van der Waals surface area contributed by atoms with Gasteiger partial charge in [0.2, 0.25) is 11.8 Å². The molecule has 20 heavy (non-hydrogen) atoms. The lowest BCUT2D eigenvalue weighted by atomic mass is 10.1. The van der Waals surface area contributed by atoms with Gasteiger partial charge in [-0.25, -0.2) is 0 Å². The second-order valence-electron chi connectivity index (χ2n) is 5.18. The summed E-state index contributed by atoms with van der Waals surface area (Å²) in [6.45, 7) is 1.21. The minimum Gasteiger partial charge on any atom is -0.364 e. The summed E-state index contributed by atoms with van der Waals surface area (Å²) in [4.78, 5) is 29.2. The van der Waals surface area contributed by atoms with E-state index >= 15 is 0 Å². The second-order valence-corrected chi connectivity index (χ2v) is 5.18. The summed E-state index contributed by atoms with van der Waals surface area (Å²) in [5.74, 6) is -0.00277. The van der Waals surface area contributed by atoms with Crippen molar-refractivity contribution in [2.75, 3.05) is 19.7 Å². The summed E-state index contributed by atoms with van der Waals surface area (Å²) in [6.07, 6.45) is 4.58. The lowest BCUT2D eigenvalue weighted by molar-refractivity contribution is -0.134. The monoisotopic (exact) mass is 275 g/mol. The number of aromatic nitrogens is 1. The number of likely N-dealkylation sites (tertiary alicyclic amines) is 1. The Morgan fingerprint density at radius 1 is 1.50 bits per heavy atom. The fraction of sp³-hybridized carbons (Fsp3) is 0.500. The minimum atomic E-state index is -0.101. The van der Waals surface area contributed by atoms with Crippen molar-refractivity contribution in [2.24, 2.45) is 0 Å². The Balaban J connectivity index is 1.52. The highest BCUT2D eigenvalue weighted by Crippen LogP contribution is 2.18. The molecule has 2 aliphatic rings. The van der Waals surface area contributed by atoms with E-state index in [-0.39, 0.29) is 30.6 Å². The van der Waals surface area contributed by atoms with E-state index in [1.165, 1.54) is 0 Å². The number of rotatable bonds is 3. The van der Waals surface area contributed by atoms with Crippen molar-refractivity contribution < 1.29 is 14.3 Å². The molecule has 2 aliphatic heterocycles. The highest BCUT2D eigenvalue weighted by Gasteiger charge is 2.39. The third-order valence-corrected chi connectivity index (χ3v) is 3.74. The topological polar surface area (TPSA) is 71.5 Å². The highest BCUT2D eigenvalue weighted by atomic mass is 16.5. The van der Waals surface area contributed by atoms with Gasteiger partial charge in [-0.05, 0) is 18.1 Å². The molecule has 0 saturated carbocycles. The second kappa shape index (κ2) is 5.58. The van der Waals surface area contributed by atoms with Gasteiger partial charge in [-0.2, -0.15) is 0 Å². The fourth-order valence-corrected chi connectivity index (χ4v) is 2.67. The van der Waals surface area contributed by atoms with Crippen LogP contribution in [0.5, 0.6) is 0 Å². The van der Waals surface area contributed by atoms with Gasteiger partial charge in [-0.15, -0.1) is 0 Å². The first-order chi connectivity index (χ1) is 9.72. The smallest absolute Gasteiger partial charge is 0.246 e. The molecular formula is C14H17N3O3. The maximum Gasteiger partial charge on any atom is 0.246 e. The number of nitrogens with one attached hydrogen (secondary N) is 1. The van der Waals surface area contributed by atoms with Crippen molar-refractivity contribution in [3.8, 4) is 0 Å². The quantitative estimate of drug-likeness (QED) is 0.825. The summed E-state index contributed by atoms with van der Waals surface area (Å²) >= 11 is 0. The Labute approximate surface area is 117 Å². The van der Waals surface area contributed by atoms with Crippen LogP contribution in [0.2, 0.25) is 0 Å². The predicted octanol–water partition coefficient (Wildman–Crippen LogP) is -0.260. The molecule has 0 radical (unpaired) electrons. The van der Waals surface area contributed by atoms with Gasteiger partial charge >= 0.3 is 0 Å². The zero-order chi connectivity index (χ0) is 13.9. The molecule has 0 bridgehead atoms. The average molecular weight is 275 g/mol. The number of aryl methyl sites for hydroxylation is 1. The van der Waals surface area contributed by atoms with Crippen molar-refractivity contribution in [2.45, 2.75) is 25.0 Å². The van der Waals surface area contributed by atoms with Gasteiger partial charge in [0, 0.05) is 31.9 Å². The third-order valence-electron chi connectivity index (χ3n) is 3.74. The van der Waals surface area contributed by atoms with Gasteiger partial charge in [-0.3, -0.25) is 14.6 Å². The van der Waals surface area contributed by atoms with Crippen LogP contribution in [0.4, 0.5) is 0 Å². The highest BCUT2D eigenvalue weighted by molar-refractivity contribution is 5.80. The van der Waals surface area contributed by atoms with E-state index < -0.39 is 0 Å². The van der Waals surface area contributed by atoms with E-state index in [9.17, 15) is 9.59 Å². The van der Waals surface area contributed by atoms with Crippen molar-refractivity contribution in [3.63, 3.8) is 0 Å². The molecular weight excluding hydrogens is 258 g/mol. The average Bonchev–Trinajstić information content (AvgIpc) is 2.89. The van der Waals surface area contributed by atoms with Crippen LogP contribution < -0.4 is 5.32 Å². The van der Waals surface area contributed by atoms with Gasteiger partial charge in [0.1, 0.15) is 6.61 Å². The first-order valence-electron chi connectivity index (χ1n) is 6.80. The van der Waals surface area contributed by atoms with Crippen LogP contribution in [0.1, 0.15) is 12.0 Å². The van der Waals surface area contributed by atoms with Crippen molar-refractivity contribution in [1.29, 1.82) is 0 Å². The van der Waals surface area contributed by atoms with E-state index in [0.29, 0.717) is 25.9 Å². The van der Waals surface area contributed by atoms with Crippen LogP contribution in [-0.2, 0) is 20.7 Å². The van der Waals surface area contributed by atoms with Crippen LogP contribution in [0.15, 0.2) is 24.5 Å². The van der Waals surface area contributed by atoms with Crippen LogP contribution in [0.3, 0.4) is 0 Å². The Bertz CT molecular complexity index is 506. The van der Waals surface area contributed by atoms with Crippen LogP contribution in [0, 0.1) is 0 Å². The molecule has 6 nitrogen and oxygen atoms in total. The molecule has 0 unspecified atom stereocenters. The molecule has 2 saturated heterocycles. The molecule has 2 atom stereocenters. The Kier molecular flexibility index (Phi) is 3.64. The number of pyridine rings is 1. The van der Waals surface area contributed by atoms with Crippen LogP contribution in [-0.4, -0.2) is 53.5 Å². The van der Waals surface area contributed by atoms with Crippen molar-refractivity contribution in [1.82, 2.24) is 15.2 Å². The first-order valence-corrected chi connectivity index (χ1v) is 6.80. The Morgan fingerprint density at radius 2 is 2.40 bits per heavy atom. The molecule has 3 rings (SSSR count). The minimum absolute atomic E-state index is 0.0569. The molecule has 0 aromatic carbocycles. The van der Waals surface area contributed by atoms with Gasteiger partial charge in [-0.1, -0.05) is 6.07 Å². The third kappa shape index (κ3) is 2.80. The van der Waals surface area contributed by atoms with Crippen molar-refractivity contribution >= 4 is 11.8 Å². The molecule has 0 aliphatic carbocycles. The molecule has 0 spiro atoms. The summed E-state index contributed by atoms with van der Waals surface area (Å²) in [5, 5.41) is 2.87. The van der Waals surface area contributed by atoms with Gasteiger partial charge < -0.3 is 15.0 Å². The number of hydrogen-bond donors (Lipinski definition) is 1. The normalized spacial score (nSPS) is 25.2. The largest absolute Gasteiger partial charge is 0.364 e. The first kappa shape index (κ1) is 13.1. The van der Waals surface area contributed by atoms with E-state index in [1.807, 2.05) is 12.1 Å². The van der Waals surface area contributed by atoms with E-state index in [2.05, 4.69) is 10.3 Å². The van der Waals surface area contributed by atoms with E-state index in [0.717, 1.165) is 5.56 Å². The summed E-state index contributed by atoms with van der Waals surface area (Å²) in [5.41, 5.74) is 1.06. The molecule has 6 heteroatoms. The number of ether oxygens (including phenoxy) is 1. The molecule has 1 aromatic rings. The number of morpholine rings is 1. The molecule has 106 valence electrons. The number of fused-ring (bicyclic) bond motifs is 1. The van der Waals surface area contributed by atoms with Crippen LogP contribution in [0.25, 0.3) is 0 Å². The Hall–Kier alpha value is -1.95. The number of hydrogen-bond acceptors (Lipinski definition) is 4. The van der Waals surface area contributed by atoms with Gasteiger partial charge in [0.15, 0.2) is 0 Å². The zero-order valence-corrected chi connectivity index (χ0v) is 11.1. The maximum absolute atomic E-state index is 12.2. The molecule has 3 heterocycles. The Morgan fingerprint density at radius 3 is 3.20 bits per heavy atom. The lowest BCUT2D eigenvalue weighted by Crippen LogP contribution is -2.50. The van der Waals surface area contributed by atoms with Crippen molar-refractivity contribution in [3.05, 3.63) is 30.1 Å². The maximum atomic E-state index is 12.2. The number of carbonyl (C=O) groups is 2. The summed E-state index contributed by atoms with van der Waals surface area (Å²) in [6, 6.07) is 3.78. The molecule has 2 fully saturated rings. The SMILES string of the molecule is O=C1CO[C@H]2CN(C(=O)CCc3cccnc3)C[C@@H]2N1. The molecule has 2 amide bonds. The fourth-order valence-electron chi connectivity index (χ4n) is 2.67.